The summed E-state index contributed by atoms with van der Waals surface area (Å²) in [5, 5.41) is 7.23. The zero-order valence-corrected chi connectivity index (χ0v) is 21.7. The maximum atomic E-state index is 13.4. The van der Waals surface area contributed by atoms with Gasteiger partial charge in [-0.15, -0.1) is 0 Å². The van der Waals surface area contributed by atoms with E-state index in [1.165, 1.54) is 12.1 Å². The van der Waals surface area contributed by atoms with Crippen molar-refractivity contribution in [2.45, 2.75) is 45.2 Å². The third-order valence-electron chi connectivity index (χ3n) is 6.41. The Kier molecular flexibility index (Phi) is 8.77. The maximum Gasteiger partial charge on any atom is 0.211 e. The molecule has 1 saturated carbocycles. The Morgan fingerprint density at radius 3 is 2.58 bits per heavy atom. The number of rotatable bonds is 10. The van der Waals surface area contributed by atoms with Crippen molar-refractivity contribution in [2.75, 3.05) is 22.9 Å². The zero-order valence-electron chi connectivity index (χ0n) is 20.2. The predicted octanol–water partition coefficient (Wildman–Crippen LogP) is 5.46. The number of benzene rings is 1. The highest BCUT2D eigenvalue weighted by atomic mass is 35.5. The molecule has 0 bridgehead atoms. The van der Waals surface area contributed by atoms with Crippen LogP contribution < -0.4 is 15.4 Å². The summed E-state index contributed by atoms with van der Waals surface area (Å²) < 4.78 is 39.5. The molecule has 0 spiro atoms. The largest absolute Gasteiger partial charge is 0.367 e. The molecule has 0 radical (unpaired) electrons. The van der Waals surface area contributed by atoms with E-state index < -0.39 is 10.0 Å². The van der Waals surface area contributed by atoms with Gasteiger partial charge < -0.3 is 10.6 Å². The van der Waals surface area contributed by atoms with Gasteiger partial charge in [0.25, 0.3) is 0 Å². The SMILES string of the molecule is CCS(=O)(=O)NC[C@H]1CC[C@H](Nc2cc(-c3cccc(NCc4cccc(F)c4)n3)c(Cl)cn2)CC1. The van der Waals surface area contributed by atoms with Gasteiger partial charge in [-0.2, -0.15) is 0 Å². The van der Waals surface area contributed by atoms with Crippen molar-refractivity contribution in [3.63, 3.8) is 0 Å². The Balaban J connectivity index is 1.37. The molecule has 192 valence electrons. The van der Waals surface area contributed by atoms with Crippen molar-refractivity contribution in [1.82, 2.24) is 14.7 Å². The van der Waals surface area contributed by atoms with Gasteiger partial charge in [0.2, 0.25) is 10.0 Å². The Morgan fingerprint density at radius 2 is 1.83 bits per heavy atom. The first-order chi connectivity index (χ1) is 17.3. The van der Waals surface area contributed by atoms with E-state index >= 15 is 0 Å². The monoisotopic (exact) mass is 531 g/mol. The molecule has 0 atom stereocenters. The molecule has 0 aliphatic heterocycles. The van der Waals surface area contributed by atoms with Gasteiger partial charge in [0, 0.05) is 30.9 Å². The van der Waals surface area contributed by atoms with Crippen molar-refractivity contribution in [1.29, 1.82) is 0 Å². The van der Waals surface area contributed by atoms with Crippen LogP contribution in [0.3, 0.4) is 0 Å². The molecule has 36 heavy (non-hydrogen) atoms. The number of anilines is 2. The second-order valence-corrected chi connectivity index (χ2v) is 11.6. The van der Waals surface area contributed by atoms with Gasteiger partial charge in [-0.25, -0.2) is 27.5 Å². The fourth-order valence-electron chi connectivity index (χ4n) is 4.30. The highest BCUT2D eigenvalue weighted by molar-refractivity contribution is 7.89. The quantitative estimate of drug-likeness (QED) is 0.321. The summed E-state index contributed by atoms with van der Waals surface area (Å²) in [6.45, 7) is 2.60. The second kappa shape index (κ2) is 12.0. The number of sulfonamides is 1. The zero-order chi connectivity index (χ0) is 25.5. The van der Waals surface area contributed by atoms with E-state index in [1.807, 2.05) is 30.3 Å². The van der Waals surface area contributed by atoms with E-state index in [0.29, 0.717) is 35.5 Å². The highest BCUT2D eigenvalue weighted by Crippen LogP contribution is 2.31. The second-order valence-electron chi connectivity index (χ2n) is 9.05. The van der Waals surface area contributed by atoms with Crippen LogP contribution in [0.15, 0.2) is 54.7 Å². The molecule has 10 heteroatoms. The topological polar surface area (TPSA) is 96.0 Å². The van der Waals surface area contributed by atoms with Crippen LogP contribution in [0.2, 0.25) is 5.02 Å². The van der Waals surface area contributed by atoms with Crippen molar-refractivity contribution in [2.24, 2.45) is 5.92 Å². The number of aromatic nitrogens is 2. The van der Waals surface area contributed by atoms with Crippen LogP contribution in [-0.4, -0.2) is 36.7 Å². The molecule has 1 aliphatic rings. The number of halogens is 2. The number of hydrogen-bond acceptors (Lipinski definition) is 6. The average Bonchev–Trinajstić information content (AvgIpc) is 2.88. The number of pyridine rings is 2. The Morgan fingerprint density at radius 1 is 1.06 bits per heavy atom. The van der Waals surface area contributed by atoms with Gasteiger partial charge >= 0.3 is 0 Å². The summed E-state index contributed by atoms with van der Waals surface area (Å²) in [6, 6.07) is 14.3. The maximum absolute atomic E-state index is 13.4. The molecule has 1 aromatic carbocycles. The molecule has 7 nitrogen and oxygen atoms in total. The van der Waals surface area contributed by atoms with E-state index in [4.69, 9.17) is 11.6 Å². The van der Waals surface area contributed by atoms with Crippen LogP contribution in [0.25, 0.3) is 11.3 Å². The van der Waals surface area contributed by atoms with Gasteiger partial charge in [-0.3, -0.25) is 0 Å². The lowest BCUT2D eigenvalue weighted by Gasteiger charge is -2.29. The van der Waals surface area contributed by atoms with E-state index in [2.05, 4.69) is 25.3 Å². The molecule has 0 amide bonds. The number of nitrogens with zero attached hydrogens (tertiary/aromatic N) is 2. The Bertz CT molecular complexity index is 1280. The minimum atomic E-state index is -3.15. The smallest absolute Gasteiger partial charge is 0.211 e. The first-order valence-electron chi connectivity index (χ1n) is 12.2. The Labute approximate surface area is 217 Å². The highest BCUT2D eigenvalue weighted by Gasteiger charge is 2.23. The fourth-order valence-corrected chi connectivity index (χ4v) is 5.20. The van der Waals surface area contributed by atoms with Crippen LogP contribution in [0.5, 0.6) is 0 Å². The van der Waals surface area contributed by atoms with Crippen LogP contribution >= 0.6 is 11.6 Å². The molecule has 0 unspecified atom stereocenters. The first-order valence-corrected chi connectivity index (χ1v) is 14.2. The van der Waals surface area contributed by atoms with Crippen molar-refractivity contribution >= 4 is 33.3 Å². The van der Waals surface area contributed by atoms with Crippen molar-refractivity contribution in [3.05, 3.63) is 71.1 Å². The molecule has 0 saturated heterocycles. The lowest BCUT2D eigenvalue weighted by atomic mass is 9.86. The summed E-state index contributed by atoms with van der Waals surface area (Å²) in [6.07, 6.45) is 5.40. The van der Waals surface area contributed by atoms with Crippen molar-refractivity contribution < 1.29 is 12.8 Å². The first kappa shape index (κ1) is 26.3. The third-order valence-corrected chi connectivity index (χ3v) is 8.08. The van der Waals surface area contributed by atoms with Gasteiger partial charge in [0.1, 0.15) is 17.5 Å². The standard InChI is InChI=1S/C26H31ClFN5O2S/c1-2-36(34,35)31-16-18-9-11-21(12-10-18)32-26-14-22(23(27)17-30-26)24-7-4-8-25(33-24)29-15-19-5-3-6-20(28)13-19/h3-8,13-14,17-18,21,31H,2,9-12,15-16H2,1H3,(H,29,33)(H,30,32)/t18-,21-. The molecule has 3 aromatic rings. The van der Waals surface area contributed by atoms with E-state index in [-0.39, 0.29) is 17.6 Å². The minimum Gasteiger partial charge on any atom is -0.367 e. The van der Waals surface area contributed by atoms with Gasteiger partial charge in [0.15, 0.2) is 0 Å². The van der Waals surface area contributed by atoms with Crippen LogP contribution in [0.1, 0.15) is 38.2 Å². The molecule has 1 fully saturated rings. The fraction of sp³-hybridized carbons (Fsp3) is 0.385. The Hall–Kier alpha value is -2.75. The average molecular weight is 532 g/mol. The molecule has 2 heterocycles. The molecular weight excluding hydrogens is 501 g/mol. The summed E-state index contributed by atoms with van der Waals surface area (Å²) in [5.41, 5.74) is 2.31. The molecular formula is C26H31ClFN5O2S. The summed E-state index contributed by atoms with van der Waals surface area (Å²) >= 11 is 6.47. The molecule has 2 aromatic heterocycles. The van der Waals surface area contributed by atoms with Gasteiger partial charge in [-0.1, -0.05) is 29.8 Å². The summed E-state index contributed by atoms with van der Waals surface area (Å²) in [4.78, 5) is 9.14. The lowest BCUT2D eigenvalue weighted by molar-refractivity contribution is 0.337. The third kappa shape index (κ3) is 7.38. The van der Waals surface area contributed by atoms with E-state index in [0.717, 1.165) is 42.6 Å². The van der Waals surface area contributed by atoms with E-state index in [9.17, 15) is 12.8 Å². The number of nitrogens with one attached hydrogen (secondary N) is 3. The normalized spacial score (nSPS) is 18.1. The molecule has 1 aliphatic carbocycles. The summed E-state index contributed by atoms with van der Waals surface area (Å²) in [5.74, 6) is 1.58. The summed E-state index contributed by atoms with van der Waals surface area (Å²) in [7, 11) is -3.15. The van der Waals surface area contributed by atoms with Crippen LogP contribution in [0.4, 0.5) is 16.0 Å². The lowest BCUT2D eigenvalue weighted by Crippen LogP contribution is -2.34. The minimum absolute atomic E-state index is 0.106. The van der Waals surface area contributed by atoms with Crippen LogP contribution in [0, 0.1) is 11.7 Å². The molecule has 4 rings (SSSR count). The van der Waals surface area contributed by atoms with Gasteiger partial charge in [0.05, 0.1) is 16.5 Å². The molecule has 3 N–H and O–H groups in total. The van der Waals surface area contributed by atoms with E-state index in [1.54, 1.807) is 19.2 Å². The van der Waals surface area contributed by atoms with Gasteiger partial charge in [-0.05, 0) is 74.4 Å². The van der Waals surface area contributed by atoms with Crippen molar-refractivity contribution in [3.8, 4) is 11.3 Å². The van der Waals surface area contributed by atoms with Crippen LogP contribution in [-0.2, 0) is 16.6 Å². The number of hydrogen-bond donors (Lipinski definition) is 3. The predicted molar refractivity (Wildman–Crippen MR) is 143 cm³/mol.